The molecule has 1 fully saturated rings. The second-order valence-electron chi connectivity index (χ2n) is 8.26. The zero-order valence-corrected chi connectivity index (χ0v) is 16.1. The smallest absolute Gasteiger partial charge is 0.266 e. The van der Waals surface area contributed by atoms with Gasteiger partial charge in [0.2, 0.25) is 0 Å². The standard InChI is InChI=1S/C20H23N3O2S/c1-12-8-13(11-20(2,3)10-12)21-17(24)15-9-14-18(26-15)22-16-6-4-5-7-23(16)19(14)25/h4-7,9,12-13H,8,10-11H2,1-3H3,(H,21,24)/t12-,13-/m0/s1. The first-order chi connectivity index (χ1) is 12.3. The Labute approximate surface area is 156 Å². The quantitative estimate of drug-likeness (QED) is 0.746. The van der Waals surface area contributed by atoms with E-state index >= 15 is 0 Å². The molecule has 1 saturated carbocycles. The van der Waals surface area contributed by atoms with Crippen LogP contribution in [0.25, 0.3) is 15.9 Å². The van der Waals surface area contributed by atoms with Crippen molar-refractivity contribution in [3.63, 3.8) is 0 Å². The number of nitrogens with one attached hydrogen (secondary N) is 1. The van der Waals surface area contributed by atoms with Crippen LogP contribution in [0.2, 0.25) is 0 Å². The molecule has 1 N–H and O–H groups in total. The Bertz CT molecular complexity index is 1050. The molecule has 0 spiro atoms. The van der Waals surface area contributed by atoms with Gasteiger partial charge in [0.05, 0.1) is 10.3 Å². The number of fused-ring (bicyclic) bond motifs is 2. The predicted octanol–water partition coefficient (Wildman–Crippen LogP) is 3.85. The van der Waals surface area contributed by atoms with E-state index in [1.807, 2.05) is 6.07 Å². The molecular formula is C20H23N3O2S. The Morgan fingerprint density at radius 2 is 2.15 bits per heavy atom. The number of carbonyl (C=O) groups excluding carboxylic acids is 1. The molecule has 0 saturated heterocycles. The van der Waals surface area contributed by atoms with E-state index in [1.165, 1.54) is 22.2 Å². The molecule has 5 nitrogen and oxygen atoms in total. The van der Waals surface area contributed by atoms with Crippen LogP contribution in [0.3, 0.4) is 0 Å². The lowest BCUT2D eigenvalue weighted by Gasteiger charge is -2.39. The highest BCUT2D eigenvalue weighted by Crippen LogP contribution is 2.38. The summed E-state index contributed by atoms with van der Waals surface area (Å²) in [6.45, 7) is 6.77. The number of rotatable bonds is 2. The average Bonchev–Trinajstić information content (AvgIpc) is 2.97. The molecule has 1 aliphatic rings. The third-order valence-corrected chi connectivity index (χ3v) is 6.19. The summed E-state index contributed by atoms with van der Waals surface area (Å²) in [7, 11) is 0. The number of hydrogen-bond donors (Lipinski definition) is 1. The summed E-state index contributed by atoms with van der Waals surface area (Å²) >= 11 is 1.29. The second kappa shape index (κ2) is 6.20. The van der Waals surface area contributed by atoms with Gasteiger partial charge in [0.15, 0.2) is 0 Å². The number of nitrogens with zero attached hydrogens (tertiary/aromatic N) is 2. The van der Waals surface area contributed by atoms with Gasteiger partial charge in [-0.15, -0.1) is 11.3 Å². The summed E-state index contributed by atoms with van der Waals surface area (Å²) in [5.41, 5.74) is 0.712. The predicted molar refractivity (Wildman–Crippen MR) is 105 cm³/mol. The van der Waals surface area contributed by atoms with Crippen LogP contribution in [0.1, 0.15) is 49.7 Å². The van der Waals surface area contributed by atoms with Crippen LogP contribution in [0.5, 0.6) is 0 Å². The Morgan fingerprint density at radius 1 is 1.35 bits per heavy atom. The summed E-state index contributed by atoms with van der Waals surface area (Å²) in [5, 5.41) is 3.68. The molecule has 1 aliphatic carbocycles. The van der Waals surface area contributed by atoms with E-state index < -0.39 is 0 Å². The SMILES string of the molecule is C[C@H]1C[C@H](NC(=O)c2cc3c(=O)n4ccccc4nc3s2)CC(C)(C)C1. The van der Waals surface area contributed by atoms with Crippen molar-refractivity contribution >= 4 is 33.1 Å². The van der Waals surface area contributed by atoms with Gasteiger partial charge in [-0.2, -0.15) is 0 Å². The highest BCUT2D eigenvalue weighted by Gasteiger charge is 2.33. The van der Waals surface area contributed by atoms with Gasteiger partial charge in [-0.1, -0.05) is 26.8 Å². The first kappa shape index (κ1) is 17.2. The molecule has 3 aromatic heterocycles. The summed E-state index contributed by atoms with van der Waals surface area (Å²) in [6, 6.07) is 7.31. The van der Waals surface area contributed by atoms with Gasteiger partial charge in [-0.25, -0.2) is 4.98 Å². The second-order valence-corrected chi connectivity index (χ2v) is 9.29. The topological polar surface area (TPSA) is 63.5 Å². The number of hydrogen-bond acceptors (Lipinski definition) is 4. The average molecular weight is 369 g/mol. The first-order valence-corrected chi connectivity index (χ1v) is 9.86. The zero-order chi connectivity index (χ0) is 18.5. The van der Waals surface area contributed by atoms with E-state index in [-0.39, 0.29) is 22.9 Å². The zero-order valence-electron chi connectivity index (χ0n) is 15.3. The normalized spacial score (nSPS) is 22.6. The van der Waals surface area contributed by atoms with Gasteiger partial charge >= 0.3 is 0 Å². The minimum absolute atomic E-state index is 0.101. The van der Waals surface area contributed by atoms with Crippen LogP contribution in [0.15, 0.2) is 35.3 Å². The van der Waals surface area contributed by atoms with E-state index in [0.29, 0.717) is 26.7 Å². The van der Waals surface area contributed by atoms with Gasteiger partial charge in [-0.3, -0.25) is 14.0 Å². The lowest BCUT2D eigenvalue weighted by Crippen LogP contribution is -2.42. The number of amides is 1. The molecule has 0 radical (unpaired) electrons. The van der Waals surface area contributed by atoms with Crippen molar-refractivity contribution in [2.75, 3.05) is 0 Å². The fraction of sp³-hybridized carbons (Fsp3) is 0.450. The van der Waals surface area contributed by atoms with Crippen molar-refractivity contribution in [3.8, 4) is 0 Å². The highest BCUT2D eigenvalue weighted by atomic mass is 32.1. The molecule has 2 atom stereocenters. The maximum atomic E-state index is 12.8. The molecule has 136 valence electrons. The molecule has 0 aliphatic heterocycles. The minimum Gasteiger partial charge on any atom is -0.349 e. The molecule has 4 rings (SSSR count). The molecular weight excluding hydrogens is 346 g/mol. The van der Waals surface area contributed by atoms with Crippen molar-refractivity contribution in [1.29, 1.82) is 0 Å². The number of carbonyl (C=O) groups is 1. The molecule has 3 heterocycles. The van der Waals surface area contributed by atoms with Crippen molar-refractivity contribution in [1.82, 2.24) is 14.7 Å². The fourth-order valence-corrected chi connectivity index (χ4v) is 5.30. The maximum Gasteiger partial charge on any atom is 0.266 e. The van der Waals surface area contributed by atoms with Crippen molar-refractivity contribution < 1.29 is 4.79 Å². The number of thiophene rings is 1. The van der Waals surface area contributed by atoms with Crippen molar-refractivity contribution in [2.45, 2.75) is 46.1 Å². The monoisotopic (exact) mass is 369 g/mol. The van der Waals surface area contributed by atoms with Crippen LogP contribution in [0, 0.1) is 11.3 Å². The maximum absolute atomic E-state index is 12.8. The van der Waals surface area contributed by atoms with Gasteiger partial charge in [-0.05, 0) is 48.8 Å². The van der Waals surface area contributed by atoms with E-state index in [9.17, 15) is 9.59 Å². The van der Waals surface area contributed by atoms with Gasteiger partial charge in [0.1, 0.15) is 10.5 Å². The van der Waals surface area contributed by atoms with Gasteiger partial charge in [0.25, 0.3) is 11.5 Å². The van der Waals surface area contributed by atoms with E-state index in [4.69, 9.17) is 0 Å². The Balaban J connectivity index is 1.64. The van der Waals surface area contributed by atoms with Crippen molar-refractivity contribution in [2.24, 2.45) is 11.3 Å². The number of pyridine rings is 1. The fourth-order valence-electron chi connectivity index (χ4n) is 4.37. The Kier molecular flexibility index (Phi) is 4.10. The first-order valence-electron chi connectivity index (χ1n) is 9.04. The largest absolute Gasteiger partial charge is 0.349 e. The molecule has 1 amide bonds. The third-order valence-electron chi connectivity index (χ3n) is 5.16. The lowest BCUT2D eigenvalue weighted by molar-refractivity contribution is 0.0878. The molecule has 26 heavy (non-hydrogen) atoms. The van der Waals surface area contributed by atoms with Crippen molar-refractivity contribution in [3.05, 3.63) is 45.7 Å². The minimum atomic E-state index is -0.131. The Hall–Kier alpha value is -2.21. The molecule has 0 aromatic carbocycles. The van der Waals surface area contributed by atoms with E-state index in [2.05, 4.69) is 31.1 Å². The highest BCUT2D eigenvalue weighted by molar-refractivity contribution is 7.20. The molecule has 0 unspecified atom stereocenters. The Morgan fingerprint density at radius 3 is 2.92 bits per heavy atom. The summed E-state index contributed by atoms with van der Waals surface area (Å²) in [5.74, 6) is 0.499. The molecule has 6 heteroatoms. The van der Waals surface area contributed by atoms with Gasteiger partial charge in [0, 0.05) is 12.2 Å². The van der Waals surface area contributed by atoms with Crippen LogP contribution in [0.4, 0.5) is 0 Å². The lowest BCUT2D eigenvalue weighted by atomic mass is 9.70. The van der Waals surface area contributed by atoms with Crippen LogP contribution < -0.4 is 10.9 Å². The summed E-state index contributed by atoms with van der Waals surface area (Å²) in [6.07, 6.45) is 4.88. The van der Waals surface area contributed by atoms with Crippen LogP contribution in [-0.4, -0.2) is 21.3 Å². The van der Waals surface area contributed by atoms with E-state index in [1.54, 1.807) is 24.4 Å². The van der Waals surface area contributed by atoms with Crippen LogP contribution in [-0.2, 0) is 0 Å². The molecule has 0 bridgehead atoms. The third kappa shape index (κ3) is 3.14. The summed E-state index contributed by atoms with van der Waals surface area (Å²) in [4.78, 5) is 31.1. The summed E-state index contributed by atoms with van der Waals surface area (Å²) < 4.78 is 1.52. The number of aromatic nitrogens is 2. The molecule has 3 aromatic rings. The van der Waals surface area contributed by atoms with Gasteiger partial charge < -0.3 is 5.32 Å². The van der Waals surface area contributed by atoms with Crippen LogP contribution >= 0.6 is 11.3 Å². The van der Waals surface area contributed by atoms with E-state index in [0.717, 1.165) is 12.8 Å².